The molecule has 0 aliphatic heterocycles. The number of hydrogen-bond acceptors (Lipinski definition) is 4. The standard InChI is InChI=1S/C10H8ClF3N2O2/c1-17-8-6(2-3-15)4-7(5-11)16-9(8)18-10(12,13)14/h4H,2,5H2,1H3. The van der Waals surface area contributed by atoms with Crippen molar-refractivity contribution in [1.82, 2.24) is 4.98 Å². The fraction of sp³-hybridized carbons (Fsp3) is 0.400. The molecule has 98 valence electrons. The second-order valence-electron chi connectivity index (χ2n) is 3.13. The van der Waals surface area contributed by atoms with E-state index < -0.39 is 12.2 Å². The SMILES string of the molecule is COc1c(CC#N)cc(CCl)nc1OC(F)(F)F. The highest BCUT2D eigenvalue weighted by Gasteiger charge is 2.34. The Balaban J connectivity index is 3.29. The average Bonchev–Trinajstić information content (AvgIpc) is 2.27. The topological polar surface area (TPSA) is 55.1 Å². The molecule has 0 amide bonds. The molecule has 1 rings (SSSR count). The van der Waals surface area contributed by atoms with Crippen LogP contribution in [0.3, 0.4) is 0 Å². The number of rotatable bonds is 4. The fourth-order valence-electron chi connectivity index (χ4n) is 1.30. The lowest BCUT2D eigenvalue weighted by Crippen LogP contribution is -2.19. The highest BCUT2D eigenvalue weighted by Crippen LogP contribution is 2.34. The highest BCUT2D eigenvalue weighted by atomic mass is 35.5. The number of pyridine rings is 1. The second-order valence-corrected chi connectivity index (χ2v) is 3.39. The van der Waals surface area contributed by atoms with Crippen molar-refractivity contribution in [3.05, 3.63) is 17.3 Å². The molecule has 0 aliphatic carbocycles. The van der Waals surface area contributed by atoms with E-state index in [1.807, 2.05) is 6.07 Å². The van der Waals surface area contributed by atoms with E-state index in [9.17, 15) is 13.2 Å². The maximum Gasteiger partial charge on any atom is 0.574 e. The number of nitrogens with zero attached hydrogens (tertiary/aromatic N) is 2. The molecule has 0 radical (unpaired) electrons. The third-order valence-corrected chi connectivity index (χ3v) is 2.17. The molecule has 0 atom stereocenters. The Morgan fingerprint density at radius 2 is 2.17 bits per heavy atom. The van der Waals surface area contributed by atoms with Crippen LogP contribution in [-0.4, -0.2) is 18.5 Å². The van der Waals surface area contributed by atoms with Crippen LogP contribution < -0.4 is 9.47 Å². The molecule has 0 aliphatic rings. The van der Waals surface area contributed by atoms with Crippen molar-refractivity contribution in [1.29, 1.82) is 5.26 Å². The lowest BCUT2D eigenvalue weighted by atomic mass is 10.1. The Bertz CT molecular complexity index is 471. The summed E-state index contributed by atoms with van der Waals surface area (Å²) < 4.78 is 45.1. The first-order valence-electron chi connectivity index (χ1n) is 4.66. The van der Waals surface area contributed by atoms with Gasteiger partial charge in [-0.3, -0.25) is 0 Å². The molecule has 1 aromatic heterocycles. The summed E-state index contributed by atoms with van der Waals surface area (Å²) >= 11 is 5.51. The average molecular weight is 281 g/mol. The van der Waals surface area contributed by atoms with Gasteiger partial charge in [-0.15, -0.1) is 24.8 Å². The molecule has 18 heavy (non-hydrogen) atoms. The molecule has 0 unspecified atom stereocenters. The Hall–Kier alpha value is -1.68. The fourth-order valence-corrected chi connectivity index (χ4v) is 1.44. The molecule has 0 spiro atoms. The number of nitriles is 1. The first-order valence-corrected chi connectivity index (χ1v) is 5.20. The van der Waals surface area contributed by atoms with Crippen molar-refractivity contribution in [2.24, 2.45) is 0 Å². The lowest BCUT2D eigenvalue weighted by Gasteiger charge is -2.14. The van der Waals surface area contributed by atoms with Gasteiger partial charge in [0, 0.05) is 5.56 Å². The minimum absolute atomic E-state index is 0.101. The number of methoxy groups -OCH3 is 1. The molecule has 1 heterocycles. The number of hydrogen-bond donors (Lipinski definition) is 0. The summed E-state index contributed by atoms with van der Waals surface area (Å²) in [5, 5.41) is 8.60. The summed E-state index contributed by atoms with van der Waals surface area (Å²) in [4.78, 5) is 3.58. The minimum atomic E-state index is -4.89. The molecular weight excluding hydrogens is 273 g/mol. The second kappa shape index (κ2) is 5.78. The molecular formula is C10H8ClF3N2O2. The van der Waals surface area contributed by atoms with E-state index in [0.29, 0.717) is 0 Å². The van der Waals surface area contributed by atoms with Crippen molar-refractivity contribution in [3.63, 3.8) is 0 Å². The van der Waals surface area contributed by atoms with Crippen LogP contribution in [0.5, 0.6) is 11.6 Å². The highest BCUT2D eigenvalue weighted by molar-refractivity contribution is 6.16. The van der Waals surface area contributed by atoms with Crippen LogP contribution in [0.4, 0.5) is 13.2 Å². The molecule has 0 saturated carbocycles. The van der Waals surface area contributed by atoms with Crippen molar-refractivity contribution < 1.29 is 22.6 Å². The van der Waals surface area contributed by atoms with Gasteiger partial charge in [0.15, 0.2) is 5.75 Å². The monoisotopic (exact) mass is 280 g/mol. The van der Waals surface area contributed by atoms with E-state index >= 15 is 0 Å². The number of alkyl halides is 4. The molecule has 0 bridgehead atoms. The maximum atomic E-state index is 12.2. The van der Waals surface area contributed by atoms with Gasteiger partial charge in [-0.2, -0.15) is 5.26 Å². The van der Waals surface area contributed by atoms with Crippen LogP contribution >= 0.6 is 11.6 Å². The van der Waals surface area contributed by atoms with Gasteiger partial charge >= 0.3 is 6.36 Å². The van der Waals surface area contributed by atoms with Crippen molar-refractivity contribution in [2.45, 2.75) is 18.7 Å². The summed E-state index contributed by atoms with van der Waals surface area (Å²) in [5.74, 6) is -1.06. The van der Waals surface area contributed by atoms with Crippen LogP contribution in [0, 0.1) is 11.3 Å². The van der Waals surface area contributed by atoms with Gasteiger partial charge in [-0.05, 0) is 6.07 Å². The first kappa shape index (κ1) is 14.4. The predicted molar refractivity (Wildman–Crippen MR) is 56.3 cm³/mol. The zero-order valence-electron chi connectivity index (χ0n) is 9.21. The van der Waals surface area contributed by atoms with Gasteiger partial charge in [0.25, 0.3) is 5.88 Å². The summed E-state index contributed by atoms with van der Waals surface area (Å²) in [6.45, 7) is 0. The van der Waals surface area contributed by atoms with E-state index in [1.54, 1.807) is 0 Å². The summed E-state index contributed by atoms with van der Waals surface area (Å²) in [6, 6.07) is 3.21. The summed E-state index contributed by atoms with van der Waals surface area (Å²) in [7, 11) is 1.17. The van der Waals surface area contributed by atoms with Crippen LogP contribution in [0.2, 0.25) is 0 Å². The van der Waals surface area contributed by atoms with Crippen LogP contribution in [0.1, 0.15) is 11.3 Å². The third-order valence-electron chi connectivity index (χ3n) is 1.89. The van der Waals surface area contributed by atoms with Crippen LogP contribution in [0.15, 0.2) is 6.07 Å². The maximum absolute atomic E-state index is 12.2. The van der Waals surface area contributed by atoms with Gasteiger partial charge < -0.3 is 9.47 Å². The van der Waals surface area contributed by atoms with E-state index in [2.05, 4.69) is 9.72 Å². The molecule has 1 aromatic rings. The van der Waals surface area contributed by atoms with Gasteiger partial charge in [0.05, 0.1) is 31.2 Å². The predicted octanol–water partition coefficient (Wildman–Crippen LogP) is 2.79. The molecule has 8 heteroatoms. The first-order chi connectivity index (χ1) is 8.41. The van der Waals surface area contributed by atoms with E-state index in [1.165, 1.54) is 13.2 Å². The smallest absolute Gasteiger partial charge is 0.491 e. The zero-order chi connectivity index (χ0) is 13.8. The number of ether oxygens (including phenoxy) is 2. The van der Waals surface area contributed by atoms with E-state index in [0.717, 1.165) is 0 Å². The van der Waals surface area contributed by atoms with Crippen molar-refractivity contribution in [2.75, 3.05) is 7.11 Å². The van der Waals surface area contributed by atoms with Crippen LogP contribution in [-0.2, 0) is 12.3 Å². The quantitative estimate of drug-likeness (QED) is 0.796. The Morgan fingerprint density at radius 1 is 1.50 bits per heavy atom. The molecule has 0 N–H and O–H groups in total. The number of halogens is 4. The number of aromatic nitrogens is 1. The Morgan fingerprint density at radius 3 is 2.61 bits per heavy atom. The molecule has 0 saturated heterocycles. The Labute approximate surface area is 106 Å². The summed E-state index contributed by atoms with van der Waals surface area (Å²) in [6.07, 6.45) is -5.03. The van der Waals surface area contributed by atoms with Crippen LogP contribution in [0.25, 0.3) is 0 Å². The van der Waals surface area contributed by atoms with Crippen molar-refractivity contribution >= 4 is 11.6 Å². The zero-order valence-corrected chi connectivity index (χ0v) is 9.97. The van der Waals surface area contributed by atoms with Gasteiger partial charge in [-0.1, -0.05) is 0 Å². The van der Waals surface area contributed by atoms with Gasteiger partial charge in [0.2, 0.25) is 0 Å². The largest absolute Gasteiger partial charge is 0.574 e. The molecule has 4 nitrogen and oxygen atoms in total. The minimum Gasteiger partial charge on any atom is -0.491 e. The third kappa shape index (κ3) is 3.67. The van der Waals surface area contributed by atoms with Gasteiger partial charge in [0.1, 0.15) is 0 Å². The van der Waals surface area contributed by atoms with E-state index in [4.69, 9.17) is 21.6 Å². The normalized spacial score (nSPS) is 10.9. The van der Waals surface area contributed by atoms with Gasteiger partial charge in [-0.25, -0.2) is 4.98 Å². The molecule has 0 aromatic carbocycles. The Kier molecular flexibility index (Phi) is 4.62. The van der Waals surface area contributed by atoms with Crippen molar-refractivity contribution in [3.8, 4) is 17.7 Å². The summed E-state index contributed by atoms with van der Waals surface area (Å²) in [5.41, 5.74) is 0.409. The molecule has 0 fully saturated rings. The van der Waals surface area contributed by atoms with E-state index in [-0.39, 0.29) is 29.3 Å². The lowest BCUT2D eigenvalue weighted by molar-refractivity contribution is -0.276.